The van der Waals surface area contributed by atoms with E-state index in [2.05, 4.69) is 40.0 Å². The Labute approximate surface area is 190 Å². The van der Waals surface area contributed by atoms with Crippen LogP contribution in [0.4, 0.5) is 0 Å². The standard InChI is InChI=1S/C22H30N4O2.HI/c1-4-23-21(27)16-28-20-13-9-10-18(14-20)15-25-22(24-5-2)26-17(3)19-11-7-6-8-12-19;/h6-14,17H,4-5,15-16H2,1-3H3,(H,23,27)(H2,24,25,26);1H. The summed E-state index contributed by atoms with van der Waals surface area (Å²) in [4.78, 5) is 16.2. The van der Waals surface area contributed by atoms with Crippen molar-refractivity contribution in [2.75, 3.05) is 19.7 Å². The molecule has 2 aromatic rings. The van der Waals surface area contributed by atoms with E-state index in [-0.39, 0.29) is 42.5 Å². The second kappa shape index (κ2) is 13.8. The van der Waals surface area contributed by atoms with Crippen LogP contribution < -0.4 is 20.7 Å². The van der Waals surface area contributed by atoms with Crippen molar-refractivity contribution in [2.24, 2.45) is 4.99 Å². The summed E-state index contributed by atoms with van der Waals surface area (Å²) in [6, 6.07) is 18.1. The molecule has 0 aliphatic rings. The van der Waals surface area contributed by atoms with Crippen LogP contribution in [-0.4, -0.2) is 31.6 Å². The fourth-order valence-corrected chi connectivity index (χ4v) is 2.65. The zero-order valence-corrected chi connectivity index (χ0v) is 19.6. The molecule has 6 nitrogen and oxygen atoms in total. The highest BCUT2D eigenvalue weighted by Crippen LogP contribution is 2.14. The van der Waals surface area contributed by atoms with E-state index >= 15 is 0 Å². The summed E-state index contributed by atoms with van der Waals surface area (Å²) in [5, 5.41) is 9.42. The molecule has 0 radical (unpaired) electrons. The van der Waals surface area contributed by atoms with E-state index in [4.69, 9.17) is 4.74 Å². The summed E-state index contributed by atoms with van der Waals surface area (Å²) in [6.45, 7) is 7.93. The topological polar surface area (TPSA) is 74.8 Å². The Hall–Kier alpha value is -2.29. The van der Waals surface area contributed by atoms with Crippen LogP contribution in [0.5, 0.6) is 5.75 Å². The third-order valence-electron chi connectivity index (χ3n) is 4.06. The zero-order valence-electron chi connectivity index (χ0n) is 17.3. The number of carbonyl (C=O) groups is 1. The van der Waals surface area contributed by atoms with E-state index < -0.39 is 0 Å². The first-order valence-electron chi connectivity index (χ1n) is 9.70. The van der Waals surface area contributed by atoms with E-state index in [0.717, 1.165) is 18.1 Å². The molecule has 0 heterocycles. The van der Waals surface area contributed by atoms with Gasteiger partial charge in [0.05, 0.1) is 12.6 Å². The molecule has 1 amide bonds. The van der Waals surface area contributed by atoms with Gasteiger partial charge in [-0.3, -0.25) is 4.79 Å². The lowest BCUT2D eigenvalue weighted by Crippen LogP contribution is -2.38. The van der Waals surface area contributed by atoms with E-state index in [0.29, 0.717) is 18.8 Å². The molecular weight excluding hydrogens is 479 g/mol. The number of benzene rings is 2. The molecule has 1 atom stereocenters. The van der Waals surface area contributed by atoms with Gasteiger partial charge in [-0.15, -0.1) is 24.0 Å². The molecule has 0 saturated carbocycles. The maximum atomic E-state index is 11.5. The number of carbonyl (C=O) groups excluding carboxylic acids is 1. The quantitative estimate of drug-likeness (QED) is 0.274. The van der Waals surface area contributed by atoms with Crippen molar-refractivity contribution in [2.45, 2.75) is 33.4 Å². The van der Waals surface area contributed by atoms with Crippen molar-refractivity contribution in [3.63, 3.8) is 0 Å². The number of guanidine groups is 1. The summed E-state index contributed by atoms with van der Waals surface area (Å²) in [5.41, 5.74) is 2.21. The van der Waals surface area contributed by atoms with Crippen LogP contribution in [0.25, 0.3) is 0 Å². The minimum atomic E-state index is -0.126. The number of hydrogen-bond acceptors (Lipinski definition) is 3. The van der Waals surface area contributed by atoms with Crippen molar-refractivity contribution >= 4 is 35.8 Å². The molecule has 0 bridgehead atoms. The SMILES string of the molecule is CCNC(=O)COc1cccc(CN=C(NCC)NC(C)c2ccccc2)c1.I. The summed E-state index contributed by atoms with van der Waals surface area (Å²) in [6.07, 6.45) is 0. The van der Waals surface area contributed by atoms with Gasteiger partial charge in [-0.1, -0.05) is 42.5 Å². The monoisotopic (exact) mass is 510 g/mol. The van der Waals surface area contributed by atoms with Crippen LogP contribution in [0, 0.1) is 0 Å². The van der Waals surface area contributed by atoms with E-state index in [1.165, 1.54) is 5.56 Å². The fraction of sp³-hybridized carbons (Fsp3) is 0.364. The van der Waals surface area contributed by atoms with Gasteiger partial charge in [-0.05, 0) is 44.0 Å². The summed E-state index contributed by atoms with van der Waals surface area (Å²) >= 11 is 0. The lowest BCUT2D eigenvalue weighted by Gasteiger charge is -2.18. The van der Waals surface area contributed by atoms with Crippen LogP contribution in [0.2, 0.25) is 0 Å². The Bertz CT molecular complexity index is 768. The van der Waals surface area contributed by atoms with Crippen LogP contribution >= 0.6 is 24.0 Å². The van der Waals surface area contributed by atoms with Crippen molar-refractivity contribution in [3.8, 4) is 5.75 Å². The molecule has 2 aromatic carbocycles. The van der Waals surface area contributed by atoms with Gasteiger partial charge < -0.3 is 20.7 Å². The molecule has 0 spiro atoms. The van der Waals surface area contributed by atoms with Gasteiger partial charge in [0, 0.05) is 13.1 Å². The zero-order chi connectivity index (χ0) is 20.2. The minimum absolute atomic E-state index is 0. The summed E-state index contributed by atoms with van der Waals surface area (Å²) in [5.74, 6) is 1.29. The summed E-state index contributed by atoms with van der Waals surface area (Å²) < 4.78 is 5.55. The first kappa shape index (κ1) is 24.7. The number of aliphatic imine (C=N–C) groups is 1. The first-order valence-corrected chi connectivity index (χ1v) is 9.70. The third kappa shape index (κ3) is 9.17. The first-order chi connectivity index (χ1) is 13.6. The Morgan fingerprint density at radius 1 is 1.03 bits per heavy atom. The van der Waals surface area contributed by atoms with Crippen LogP contribution in [0.3, 0.4) is 0 Å². The molecule has 2 rings (SSSR count). The average molecular weight is 510 g/mol. The van der Waals surface area contributed by atoms with Gasteiger partial charge in [0.25, 0.3) is 5.91 Å². The van der Waals surface area contributed by atoms with Gasteiger partial charge in [0.15, 0.2) is 12.6 Å². The predicted octanol–water partition coefficient (Wildman–Crippen LogP) is 3.64. The Balaban J connectivity index is 0.00000420. The molecular formula is C22H31IN4O2. The smallest absolute Gasteiger partial charge is 0.257 e. The highest BCUT2D eigenvalue weighted by molar-refractivity contribution is 14.0. The van der Waals surface area contributed by atoms with Gasteiger partial charge in [0.1, 0.15) is 5.75 Å². The maximum absolute atomic E-state index is 11.5. The number of nitrogens with one attached hydrogen (secondary N) is 3. The molecule has 0 aliphatic carbocycles. The molecule has 0 saturated heterocycles. The minimum Gasteiger partial charge on any atom is -0.484 e. The highest BCUT2D eigenvalue weighted by atomic mass is 127. The predicted molar refractivity (Wildman–Crippen MR) is 129 cm³/mol. The van der Waals surface area contributed by atoms with Gasteiger partial charge in [0.2, 0.25) is 0 Å². The molecule has 0 fully saturated rings. The van der Waals surface area contributed by atoms with E-state index in [9.17, 15) is 4.79 Å². The van der Waals surface area contributed by atoms with Crippen molar-refractivity contribution < 1.29 is 9.53 Å². The third-order valence-corrected chi connectivity index (χ3v) is 4.06. The molecule has 3 N–H and O–H groups in total. The van der Waals surface area contributed by atoms with E-state index in [1.54, 1.807) is 0 Å². The van der Waals surface area contributed by atoms with Gasteiger partial charge >= 0.3 is 0 Å². The lowest BCUT2D eigenvalue weighted by atomic mass is 10.1. The van der Waals surface area contributed by atoms with Gasteiger partial charge in [-0.2, -0.15) is 0 Å². The van der Waals surface area contributed by atoms with Crippen LogP contribution in [-0.2, 0) is 11.3 Å². The normalized spacial score (nSPS) is 11.8. The molecule has 0 aliphatic heterocycles. The van der Waals surface area contributed by atoms with E-state index in [1.807, 2.05) is 56.3 Å². The fourth-order valence-electron chi connectivity index (χ4n) is 2.65. The number of rotatable bonds is 9. The summed E-state index contributed by atoms with van der Waals surface area (Å²) in [7, 11) is 0. The molecule has 1 unspecified atom stereocenters. The number of halogens is 1. The molecule has 0 aromatic heterocycles. The number of nitrogens with zero attached hydrogens (tertiary/aromatic N) is 1. The highest BCUT2D eigenvalue weighted by Gasteiger charge is 2.07. The van der Waals surface area contributed by atoms with Crippen molar-refractivity contribution in [1.82, 2.24) is 16.0 Å². The maximum Gasteiger partial charge on any atom is 0.257 e. The van der Waals surface area contributed by atoms with Crippen LogP contribution in [0.15, 0.2) is 59.6 Å². The largest absolute Gasteiger partial charge is 0.484 e. The second-order valence-electron chi connectivity index (χ2n) is 6.36. The molecule has 158 valence electrons. The molecule has 7 heteroatoms. The number of hydrogen-bond donors (Lipinski definition) is 3. The lowest BCUT2D eigenvalue weighted by molar-refractivity contribution is -0.122. The van der Waals surface area contributed by atoms with Crippen LogP contribution in [0.1, 0.15) is 37.9 Å². The Kier molecular flexibility index (Phi) is 11.8. The average Bonchev–Trinajstić information content (AvgIpc) is 2.72. The van der Waals surface area contributed by atoms with Gasteiger partial charge in [-0.25, -0.2) is 4.99 Å². The number of ether oxygens (including phenoxy) is 1. The van der Waals surface area contributed by atoms with Crippen molar-refractivity contribution in [1.29, 1.82) is 0 Å². The second-order valence-corrected chi connectivity index (χ2v) is 6.36. The number of amides is 1. The van der Waals surface area contributed by atoms with Crippen molar-refractivity contribution in [3.05, 3.63) is 65.7 Å². The molecule has 29 heavy (non-hydrogen) atoms. The number of likely N-dealkylation sites (N-methyl/N-ethyl adjacent to an activating group) is 1. The Morgan fingerprint density at radius 3 is 2.45 bits per heavy atom. The Morgan fingerprint density at radius 2 is 1.76 bits per heavy atom.